The Hall–Kier alpha value is -0.810. The van der Waals surface area contributed by atoms with Gasteiger partial charge in [0.1, 0.15) is 0 Å². The normalized spacial score (nSPS) is 12.2. The fourth-order valence-electron chi connectivity index (χ4n) is 1.49. The van der Waals surface area contributed by atoms with Crippen molar-refractivity contribution in [3.05, 3.63) is 34.9 Å². The molecule has 0 aromatic heterocycles. The Morgan fingerprint density at radius 3 is 2.69 bits per heavy atom. The Balaban J connectivity index is 3.32. The second-order valence-corrected chi connectivity index (χ2v) is 4.33. The second kappa shape index (κ2) is 4.43. The number of alkyl halides is 1. The summed E-state index contributed by atoms with van der Waals surface area (Å²) >= 11 is 3.51. The molecule has 0 saturated heterocycles. The van der Waals surface area contributed by atoms with Crippen LogP contribution in [0, 0.1) is 11.3 Å². The fourth-order valence-corrected chi connectivity index (χ4v) is 2.03. The van der Waals surface area contributed by atoms with E-state index < -0.39 is 0 Å². The van der Waals surface area contributed by atoms with Gasteiger partial charge < -0.3 is 0 Å². The monoisotopic (exact) mass is 237 g/mol. The molecule has 13 heavy (non-hydrogen) atoms. The summed E-state index contributed by atoms with van der Waals surface area (Å²) in [4.78, 5) is 0.248. The van der Waals surface area contributed by atoms with Gasteiger partial charge in [0.2, 0.25) is 0 Å². The van der Waals surface area contributed by atoms with Crippen molar-refractivity contribution in [1.29, 1.82) is 5.26 Å². The highest BCUT2D eigenvalue weighted by Crippen LogP contribution is 2.28. The van der Waals surface area contributed by atoms with Gasteiger partial charge >= 0.3 is 0 Å². The van der Waals surface area contributed by atoms with Gasteiger partial charge in [-0.05, 0) is 30.5 Å². The van der Waals surface area contributed by atoms with E-state index in [1.165, 1.54) is 5.56 Å². The zero-order valence-corrected chi connectivity index (χ0v) is 9.43. The Labute approximate surface area is 87.5 Å². The van der Waals surface area contributed by atoms with Crippen LogP contribution in [0.3, 0.4) is 0 Å². The summed E-state index contributed by atoms with van der Waals surface area (Å²) in [5.41, 5.74) is 3.17. The molecule has 1 aromatic rings. The summed E-state index contributed by atoms with van der Waals surface area (Å²) in [6.45, 7) is 4.16. The quantitative estimate of drug-likeness (QED) is 0.722. The van der Waals surface area contributed by atoms with Crippen molar-refractivity contribution >= 4 is 15.9 Å². The van der Waals surface area contributed by atoms with Crippen LogP contribution in [-0.4, -0.2) is 0 Å². The van der Waals surface area contributed by atoms with Crippen molar-refractivity contribution in [1.82, 2.24) is 0 Å². The third-order valence-corrected chi connectivity index (χ3v) is 2.55. The van der Waals surface area contributed by atoms with Crippen molar-refractivity contribution in [2.45, 2.75) is 25.1 Å². The highest BCUT2D eigenvalue weighted by atomic mass is 79.9. The zero-order valence-electron chi connectivity index (χ0n) is 7.84. The molecule has 1 nitrogen and oxygen atoms in total. The van der Waals surface area contributed by atoms with Crippen LogP contribution in [0.5, 0.6) is 0 Å². The SMILES string of the molecule is CCc1cccc(C#N)c1C(C)Br. The first-order valence-electron chi connectivity index (χ1n) is 4.36. The first-order chi connectivity index (χ1) is 6.20. The van der Waals surface area contributed by atoms with Crippen LogP contribution in [0.4, 0.5) is 0 Å². The van der Waals surface area contributed by atoms with Crippen molar-refractivity contribution < 1.29 is 0 Å². The molecule has 0 spiro atoms. The summed E-state index contributed by atoms with van der Waals surface area (Å²) < 4.78 is 0. The largest absolute Gasteiger partial charge is 0.192 e. The molecule has 0 saturated carbocycles. The summed E-state index contributed by atoms with van der Waals surface area (Å²) in [6, 6.07) is 8.11. The number of rotatable bonds is 2. The van der Waals surface area contributed by atoms with E-state index in [-0.39, 0.29) is 4.83 Å². The summed E-state index contributed by atoms with van der Waals surface area (Å²) in [5.74, 6) is 0. The lowest BCUT2D eigenvalue weighted by Crippen LogP contribution is -1.96. The van der Waals surface area contributed by atoms with Gasteiger partial charge in [-0.25, -0.2) is 0 Å². The van der Waals surface area contributed by atoms with Gasteiger partial charge in [-0.2, -0.15) is 5.26 Å². The van der Waals surface area contributed by atoms with Gasteiger partial charge in [0.15, 0.2) is 0 Å². The number of nitriles is 1. The minimum absolute atomic E-state index is 0.248. The maximum absolute atomic E-state index is 8.92. The van der Waals surface area contributed by atoms with E-state index in [9.17, 15) is 0 Å². The average Bonchev–Trinajstić information content (AvgIpc) is 2.16. The molecule has 0 aliphatic rings. The molecule has 0 aliphatic heterocycles. The van der Waals surface area contributed by atoms with Crippen LogP contribution in [0.2, 0.25) is 0 Å². The summed E-state index contributed by atoms with van der Waals surface area (Å²) in [7, 11) is 0. The predicted molar refractivity (Wildman–Crippen MR) is 57.9 cm³/mol. The van der Waals surface area contributed by atoms with Crippen LogP contribution in [-0.2, 0) is 6.42 Å². The Bertz CT molecular complexity index is 336. The molecular weight excluding hydrogens is 226 g/mol. The van der Waals surface area contributed by atoms with Crippen LogP contribution in [0.25, 0.3) is 0 Å². The third-order valence-electron chi connectivity index (χ3n) is 2.10. The molecule has 0 amide bonds. The molecule has 1 atom stereocenters. The summed E-state index contributed by atoms with van der Waals surface area (Å²) in [6.07, 6.45) is 0.973. The molecule has 1 rings (SSSR count). The van der Waals surface area contributed by atoms with Gasteiger partial charge in [0, 0.05) is 4.83 Å². The van der Waals surface area contributed by atoms with Crippen LogP contribution in [0.15, 0.2) is 18.2 Å². The van der Waals surface area contributed by atoms with Crippen molar-refractivity contribution in [2.75, 3.05) is 0 Å². The van der Waals surface area contributed by atoms with Crippen molar-refractivity contribution in [3.63, 3.8) is 0 Å². The van der Waals surface area contributed by atoms with Crippen molar-refractivity contribution in [3.8, 4) is 6.07 Å². The van der Waals surface area contributed by atoms with E-state index in [0.29, 0.717) is 0 Å². The molecule has 68 valence electrons. The first kappa shape index (κ1) is 10.3. The summed E-state index contributed by atoms with van der Waals surface area (Å²) in [5, 5.41) is 8.92. The van der Waals surface area contributed by atoms with Crippen LogP contribution in [0.1, 0.15) is 35.4 Å². The molecule has 0 aliphatic carbocycles. The second-order valence-electron chi connectivity index (χ2n) is 2.96. The number of aryl methyl sites for hydroxylation is 1. The average molecular weight is 238 g/mol. The van der Waals surface area contributed by atoms with Gasteiger partial charge in [0.05, 0.1) is 11.6 Å². The van der Waals surface area contributed by atoms with Crippen LogP contribution >= 0.6 is 15.9 Å². The number of benzene rings is 1. The van der Waals surface area contributed by atoms with Gasteiger partial charge in [0.25, 0.3) is 0 Å². The number of nitrogens with zero attached hydrogens (tertiary/aromatic N) is 1. The zero-order chi connectivity index (χ0) is 9.84. The molecule has 0 bridgehead atoms. The standard InChI is InChI=1S/C11H12BrN/c1-3-9-5-4-6-10(7-13)11(9)8(2)12/h4-6,8H,3H2,1-2H3. The fraction of sp³-hybridized carbons (Fsp3) is 0.364. The number of hydrogen-bond donors (Lipinski definition) is 0. The maximum atomic E-state index is 8.92. The topological polar surface area (TPSA) is 23.8 Å². The van der Waals surface area contributed by atoms with E-state index in [4.69, 9.17) is 5.26 Å². The van der Waals surface area contributed by atoms with E-state index >= 15 is 0 Å². The molecule has 1 unspecified atom stereocenters. The predicted octanol–water partition coefficient (Wildman–Crippen LogP) is 3.58. The first-order valence-corrected chi connectivity index (χ1v) is 5.28. The maximum Gasteiger partial charge on any atom is 0.0995 e. The van der Waals surface area contributed by atoms with E-state index in [1.807, 2.05) is 12.1 Å². The lowest BCUT2D eigenvalue weighted by atomic mass is 9.98. The van der Waals surface area contributed by atoms with E-state index in [0.717, 1.165) is 17.5 Å². The number of hydrogen-bond acceptors (Lipinski definition) is 1. The van der Waals surface area contributed by atoms with Gasteiger partial charge in [-0.15, -0.1) is 0 Å². The molecule has 2 heteroatoms. The van der Waals surface area contributed by atoms with E-state index in [1.54, 1.807) is 0 Å². The molecule has 0 heterocycles. The van der Waals surface area contributed by atoms with Gasteiger partial charge in [-0.3, -0.25) is 0 Å². The minimum Gasteiger partial charge on any atom is -0.192 e. The highest BCUT2D eigenvalue weighted by molar-refractivity contribution is 9.09. The molecule has 1 aromatic carbocycles. The smallest absolute Gasteiger partial charge is 0.0995 e. The minimum atomic E-state index is 0.248. The Morgan fingerprint density at radius 2 is 2.23 bits per heavy atom. The molecular formula is C11H12BrN. The van der Waals surface area contributed by atoms with Gasteiger partial charge in [-0.1, -0.05) is 35.0 Å². The lowest BCUT2D eigenvalue weighted by molar-refractivity contribution is 1.02. The molecule has 0 radical (unpaired) electrons. The number of halogens is 1. The Kier molecular flexibility index (Phi) is 3.50. The lowest BCUT2D eigenvalue weighted by Gasteiger charge is -2.11. The highest BCUT2D eigenvalue weighted by Gasteiger charge is 2.10. The molecule has 0 fully saturated rings. The molecule has 0 N–H and O–H groups in total. The van der Waals surface area contributed by atoms with Crippen molar-refractivity contribution in [2.24, 2.45) is 0 Å². The van der Waals surface area contributed by atoms with E-state index in [2.05, 4.69) is 41.9 Å². The third kappa shape index (κ3) is 2.10. The van der Waals surface area contributed by atoms with Crippen LogP contribution < -0.4 is 0 Å². The Morgan fingerprint density at radius 1 is 1.54 bits per heavy atom.